The van der Waals surface area contributed by atoms with E-state index in [0.717, 1.165) is 17.1 Å². The van der Waals surface area contributed by atoms with E-state index in [0.29, 0.717) is 6.54 Å². The van der Waals surface area contributed by atoms with Crippen LogP contribution in [0.4, 0.5) is 0 Å². The van der Waals surface area contributed by atoms with Gasteiger partial charge < -0.3 is 15.0 Å². The maximum Gasteiger partial charge on any atom is 0.142 e. The monoisotopic (exact) mass is 202 g/mol. The summed E-state index contributed by atoms with van der Waals surface area (Å²) in [6.45, 7) is 0.519. The average molecular weight is 202 g/mol. The first-order valence-electron chi connectivity index (χ1n) is 4.86. The maximum atomic E-state index is 5.66. The molecule has 0 aliphatic heterocycles. The lowest BCUT2D eigenvalue weighted by Crippen LogP contribution is -2.05. The molecule has 0 aliphatic carbocycles. The SMILES string of the molecule is COc1ccccc1-n1cccc1CN. The molecule has 0 bridgehead atoms. The molecule has 0 fully saturated rings. The second-order valence-electron chi connectivity index (χ2n) is 3.25. The molecule has 2 aromatic rings. The van der Waals surface area contributed by atoms with Gasteiger partial charge in [0, 0.05) is 18.4 Å². The van der Waals surface area contributed by atoms with Crippen LogP contribution in [-0.2, 0) is 6.54 Å². The fraction of sp³-hybridized carbons (Fsp3) is 0.167. The summed E-state index contributed by atoms with van der Waals surface area (Å²) in [5.41, 5.74) is 7.75. The molecule has 2 rings (SSSR count). The lowest BCUT2D eigenvalue weighted by atomic mass is 10.3. The molecular formula is C12H14N2O. The minimum absolute atomic E-state index is 0.519. The standard InChI is InChI=1S/C12H14N2O/c1-15-12-7-3-2-6-11(12)14-8-4-5-10(14)9-13/h2-8H,9,13H2,1H3. The van der Waals surface area contributed by atoms with Crippen LogP contribution in [0.3, 0.4) is 0 Å². The summed E-state index contributed by atoms with van der Waals surface area (Å²) in [5.74, 6) is 0.850. The van der Waals surface area contributed by atoms with Gasteiger partial charge in [0.1, 0.15) is 5.75 Å². The number of nitrogens with zero attached hydrogens (tertiary/aromatic N) is 1. The summed E-state index contributed by atoms with van der Waals surface area (Å²) < 4.78 is 7.35. The summed E-state index contributed by atoms with van der Waals surface area (Å²) in [7, 11) is 1.67. The van der Waals surface area contributed by atoms with Crippen LogP contribution in [-0.4, -0.2) is 11.7 Å². The molecule has 1 heterocycles. The molecule has 0 spiro atoms. The van der Waals surface area contributed by atoms with Crippen LogP contribution in [0.25, 0.3) is 5.69 Å². The summed E-state index contributed by atoms with van der Waals surface area (Å²) >= 11 is 0. The quantitative estimate of drug-likeness (QED) is 0.826. The van der Waals surface area contributed by atoms with E-state index in [9.17, 15) is 0 Å². The molecule has 0 aliphatic rings. The predicted molar refractivity (Wildman–Crippen MR) is 60.2 cm³/mol. The van der Waals surface area contributed by atoms with Crippen molar-refractivity contribution in [3.05, 3.63) is 48.3 Å². The molecule has 0 atom stereocenters. The van der Waals surface area contributed by atoms with Crippen LogP contribution in [0.1, 0.15) is 5.69 Å². The van der Waals surface area contributed by atoms with Gasteiger partial charge in [-0.2, -0.15) is 0 Å². The number of hydrogen-bond acceptors (Lipinski definition) is 2. The van der Waals surface area contributed by atoms with Crippen LogP contribution < -0.4 is 10.5 Å². The van der Waals surface area contributed by atoms with E-state index in [2.05, 4.69) is 0 Å². The number of benzene rings is 1. The van der Waals surface area contributed by atoms with Crippen molar-refractivity contribution in [1.29, 1.82) is 0 Å². The molecule has 2 N–H and O–H groups in total. The second-order valence-corrected chi connectivity index (χ2v) is 3.25. The highest BCUT2D eigenvalue weighted by molar-refractivity contribution is 5.48. The van der Waals surface area contributed by atoms with Crippen molar-refractivity contribution in [2.75, 3.05) is 7.11 Å². The number of methoxy groups -OCH3 is 1. The third kappa shape index (κ3) is 1.74. The van der Waals surface area contributed by atoms with Crippen molar-refractivity contribution in [3.8, 4) is 11.4 Å². The molecule has 0 amide bonds. The smallest absolute Gasteiger partial charge is 0.142 e. The summed E-state index contributed by atoms with van der Waals surface area (Å²) in [4.78, 5) is 0. The van der Waals surface area contributed by atoms with Gasteiger partial charge in [0.2, 0.25) is 0 Å². The van der Waals surface area contributed by atoms with E-state index in [-0.39, 0.29) is 0 Å². The molecule has 3 heteroatoms. The zero-order valence-corrected chi connectivity index (χ0v) is 8.68. The predicted octanol–water partition coefficient (Wildman–Crippen LogP) is 1.94. The number of ether oxygens (including phenoxy) is 1. The zero-order chi connectivity index (χ0) is 10.7. The van der Waals surface area contributed by atoms with Gasteiger partial charge in [0.15, 0.2) is 0 Å². The van der Waals surface area contributed by atoms with Gasteiger partial charge >= 0.3 is 0 Å². The molecule has 0 saturated carbocycles. The Bertz CT molecular complexity index is 448. The van der Waals surface area contributed by atoms with E-state index < -0.39 is 0 Å². The third-order valence-electron chi connectivity index (χ3n) is 2.39. The van der Waals surface area contributed by atoms with E-state index in [1.165, 1.54) is 0 Å². The van der Waals surface area contributed by atoms with Crippen LogP contribution in [0.15, 0.2) is 42.6 Å². The fourth-order valence-corrected chi connectivity index (χ4v) is 1.65. The first-order chi connectivity index (χ1) is 7.36. The van der Waals surface area contributed by atoms with Gasteiger partial charge in [-0.3, -0.25) is 0 Å². The first kappa shape index (κ1) is 9.80. The van der Waals surface area contributed by atoms with Crippen molar-refractivity contribution < 1.29 is 4.74 Å². The van der Waals surface area contributed by atoms with E-state index in [1.54, 1.807) is 7.11 Å². The highest BCUT2D eigenvalue weighted by atomic mass is 16.5. The number of hydrogen-bond donors (Lipinski definition) is 1. The summed E-state index contributed by atoms with van der Waals surface area (Å²) in [6, 6.07) is 11.9. The van der Waals surface area contributed by atoms with Gasteiger partial charge in [-0.15, -0.1) is 0 Å². The van der Waals surface area contributed by atoms with Crippen molar-refractivity contribution in [2.45, 2.75) is 6.54 Å². The van der Waals surface area contributed by atoms with Crippen molar-refractivity contribution in [1.82, 2.24) is 4.57 Å². The lowest BCUT2D eigenvalue weighted by molar-refractivity contribution is 0.412. The Morgan fingerprint density at radius 3 is 2.73 bits per heavy atom. The maximum absolute atomic E-state index is 5.66. The Hall–Kier alpha value is -1.74. The molecule has 0 radical (unpaired) electrons. The van der Waals surface area contributed by atoms with Crippen LogP contribution >= 0.6 is 0 Å². The molecule has 1 aromatic carbocycles. The molecule has 3 nitrogen and oxygen atoms in total. The van der Waals surface area contributed by atoms with E-state index >= 15 is 0 Å². The lowest BCUT2D eigenvalue weighted by Gasteiger charge is -2.11. The van der Waals surface area contributed by atoms with Crippen LogP contribution in [0, 0.1) is 0 Å². The molecule has 78 valence electrons. The molecular weight excluding hydrogens is 188 g/mol. The minimum Gasteiger partial charge on any atom is -0.495 e. The van der Waals surface area contributed by atoms with Gasteiger partial charge in [-0.05, 0) is 24.3 Å². The van der Waals surface area contributed by atoms with Crippen LogP contribution in [0.2, 0.25) is 0 Å². The summed E-state index contributed by atoms with van der Waals surface area (Å²) in [5, 5.41) is 0. The Balaban J connectivity index is 2.53. The second kappa shape index (κ2) is 4.19. The van der Waals surface area contributed by atoms with Gasteiger partial charge in [-0.25, -0.2) is 0 Å². The van der Waals surface area contributed by atoms with E-state index in [4.69, 9.17) is 10.5 Å². The van der Waals surface area contributed by atoms with Crippen molar-refractivity contribution in [3.63, 3.8) is 0 Å². The normalized spacial score (nSPS) is 10.3. The first-order valence-corrected chi connectivity index (χ1v) is 4.86. The molecule has 15 heavy (non-hydrogen) atoms. The van der Waals surface area contributed by atoms with Gasteiger partial charge in [-0.1, -0.05) is 12.1 Å². The van der Waals surface area contributed by atoms with Crippen molar-refractivity contribution in [2.24, 2.45) is 5.73 Å². The zero-order valence-electron chi connectivity index (χ0n) is 8.68. The Morgan fingerprint density at radius 2 is 2.00 bits per heavy atom. The Kier molecular flexibility index (Phi) is 2.74. The topological polar surface area (TPSA) is 40.2 Å². The average Bonchev–Trinajstić information content (AvgIpc) is 2.76. The fourth-order valence-electron chi connectivity index (χ4n) is 1.65. The number of rotatable bonds is 3. The van der Waals surface area contributed by atoms with E-state index in [1.807, 2.05) is 47.2 Å². The number of aromatic nitrogens is 1. The van der Waals surface area contributed by atoms with Gasteiger partial charge in [0.25, 0.3) is 0 Å². The molecule has 0 unspecified atom stereocenters. The Labute approximate surface area is 89.1 Å². The van der Waals surface area contributed by atoms with Crippen molar-refractivity contribution >= 4 is 0 Å². The summed E-state index contributed by atoms with van der Waals surface area (Å²) in [6.07, 6.45) is 1.99. The Morgan fingerprint density at radius 1 is 1.20 bits per heavy atom. The minimum atomic E-state index is 0.519. The molecule has 0 saturated heterocycles. The largest absolute Gasteiger partial charge is 0.495 e. The van der Waals surface area contributed by atoms with Crippen LogP contribution in [0.5, 0.6) is 5.75 Å². The highest BCUT2D eigenvalue weighted by Gasteiger charge is 2.06. The third-order valence-corrected chi connectivity index (χ3v) is 2.39. The molecule has 1 aromatic heterocycles. The number of para-hydroxylation sites is 2. The highest BCUT2D eigenvalue weighted by Crippen LogP contribution is 2.23. The van der Waals surface area contributed by atoms with Gasteiger partial charge in [0.05, 0.1) is 12.8 Å². The number of nitrogens with two attached hydrogens (primary N) is 1.